The monoisotopic (exact) mass is 296 g/mol. The van der Waals surface area contributed by atoms with Gasteiger partial charge in [-0.25, -0.2) is 4.79 Å². The fourth-order valence-electron chi connectivity index (χ4n) is 3.20. The van der Waals surface area contributed by atoms with Gasteiger partial charge >= 0.3 is 6.03 Å². The van der Waals surface area contributed by atoms with Crippen LogP contribution >= 0.6 is 0 Å². The lowest BCUT2D eigenvalue weighted by atomic mass is 9.96. The van der Waals surface area contributed by atoms with E-state index in [0.717, 1.165) is 51.6 Å². The Bertz CT molecular complexity index is 350. The molecule has 21 heavy (non-hydrogen) atoms. The summed E-state index contributed by atoms with van der Waals surface area (Å²) in [6.07, 6.45) is 7.86. The lowest BCUT2D eigenvalue weighted by Crippen LogP contribution is -2.51. The highest BCUT2D eigenvalue weighted by atomic mass is 16.2. The lowest BCUT2D eigenvalue weighted by molar-refractivity contribution is -0.121. The van der Waals surface area contributed by atoms with Crippen LogP contribution in [0.3, 0.4) is 0 Å². The zero-order chi connectivity index (χ0) is 15.1. The minimum Gasteiger partial charge on any atom is -0.335 e. The smallest absolute Gasteiger partial charge is 0.321 e. The Morgan fingerprint density at radius 1 is 1.14 bits per heavy atom. The van der Waals surface area contributed by atoms with Crippen LogP contribution in [0.15, 0.2) is 0 Å². The van der Waals surface area contributed by atoms with Gasteiger partial charge in [0.25, 0.3) is 0 Å². The van der Waals surface area contributed by atoms with Crippen molar-refractivity contribution in [1.82, 2.24) is 20.9 Å². The van der Waals surface area contributed by atoms with Crippen molar-refractivity contribution in [3.63, 3.8) is 0 Å². The fraction of sp³-hybridized carbons (Fsp3) is 0.867. The second kappa shape index (κ2) is 8.34. The Labute approximate surface area is 127 Å². The molecule has 0 bridgehead atoms. The van der Waals surface area contributed by atoms with Crippen molar-refractivity contribution in [2.45, 2.75) is 57.0 Å². The van der Waals surface area contributed by atoms with Crippen molar-refractivity contribution in [1.29, 1.82) is 0 Å². The first-order valence-corrected chi connectivity index (χ1v) is 8.16. The van der Waals surface area contributed by atoms with Crippen LogP contribution in [0, 0.1) is 0 Å². The van der Waals surface area contributed by atoms with Crippen molar-refractivity contribution in [3.05, 3.63) is 0 Å². The van der Waals surface area contributed by atoms with Gasteiger partial charge in [-0.15, -0.1) is 0 Å². The molecule has 2 rings (SSSR count). The van der Waals surface area contributed by atoms with Gasteiger partial charge in [0.2, 0.25) is 5.91 Å². The predicted octanol–water partition coefficient (Wildman–Crippen LogP) is 0.829. The van der Waals surface area contributed by atoms with E-state index in [4.69, 9.17) is 0 Å². The van der Waals surface area contributed by atoms with Gasteiger partial charge in [-0.2, -0.15) is 0 Å². The molecule has 2 fully saturated rings. The van der Waals surface area contributed by atoms with Gasteiger partial charge in [0.05, 0.1) is 6.54 Å². The third kappa shape index (κ3) is 5.63. The van der Waals surface area contributed by atoms with E-state index in [1.165, 1.54) is 6.42 Å². The summed E-state index contributed by atoms with van der Waals surface area (Å²) in [5.74, 6) is -0.226. The topological polar surface area (TPSA) is 73.5 Å². The molecule has 3 amide bonds. The van der Waals surface area contributed by atoms with Crippen molar-refractivity contribution in [2.75, 3.05) is 26.7 Å². The van der Waals surface area contributed by atoms with Gasteiger partial charge < -0.3 is 10.6 Å². The van der Waals surface area contributed by atoms with Crippen LogP contribution in [0.25, 0.3) is 0 Å². The number of hydrogen-bond donors (Lipinski definition) is 3. The van der Waals surface area contributed by atoms with E-state index < -0.39 is 0 Å². The summed E-state index contributed by atoms with van der Waals surface area (Å²) in [6.45, 7) is 2.24. The van der Waals surface area contributed by atoms with Crippen molar-refractivity contribution in [3.8, 4) is 0 Å². The van der Waals surface area contributed by atoms with Crippen LogP contribution in [0.4, 0.5) is 4.79 Å². The van der Waals surface area contributed by atoms with Crippen LogP contribution in [0.1, 0.15) is 44.9 Å². The molecular weight excluding hydrogens is 268 g/mol. The summed E-state index contributed by atoms with van der Waals surface area (Å²) in [5.41, 5.74) is 0. The molecule has 1 atom stereocenters. The summed E-state index contributed by atoms with van der Waals surface area (Å²) in [7, 11) is 1.94. The number of carbonyl (C=O) groups excluding carboxylic acids is 2. The lowest BCUT2D eigenvalue weighted by Gasteiger charge is -2.31. The minimum absolute atomic E-state index is 0.226. The second-order valence-electron chi connectivity index (χ2n) is 6.27. The fourth-order valence-corrected chi connectivity index (χ4v) is 3.20. The molecule has 0 radical (unpaired) electrons. The molecule has 2 aliphatic rings. The number of nitrogens with zero attached hydrogens (tertiary/aromatic N) is 1. The Morgan fingerprint density at radius 3 is 2.57 bits per heavy atom. The number of imide groups is 1. The summed E-state index contributed by atoms with van der Waals surface area (Å²) in [6, 6.07) is 0.264. The first kappa shape index (κ1) is 16.2. The average molecular weight is 296 g/mol. The van der Waals surface area contributed by atoms with Gasteiger partial charge in [0.1, 0.15) is 0 Å². The maximum Gasteiger partial charge on any atom is 0.321 e. The molecule has 3 N–H and O–H groups in total. The Kier molecular flexibility index (Phi) is 6.45. The van der Waals surface area contributed by atoms with Crippen LogP contribution in [-0.2, 0) is 4.79 Å². The molecule has 1 saturated heterocycles. The number of carbonyl (C=O) groups is 2. The summed E-state index contributed by atoms with van der Waals surface area (Å²) >= 11 is 0. The summed E-state index contributed by atoms with van der Waals surface area (Å²) in [5, 5.41) is 8.68. The van der Waals surface area contributed by atoms with E-state index in [0.29, 0.717) is 6.04 Å². The second-order valence-corrected chi connectivity index (χ2v) is 6.27. The zero-order valence-electron chi connectivity index (χ0n) is 13.0. The van der Waals surface area contributed by atoms with E-state index in [1.807, 2.05) is 11.9 Å². The first-order chi connectivity index (χ1) is 10.1. The highest BCUT2D eigenvalue weighted by Crippen LogP contribution is 2.17. The quantitative estimate of drug-likeness (QED) is 0.718. The maximum atomic E-state index is 11.9. The van der Waals surface area contributed by atoms with Crippen LogP contribution < -0.4 is 16.0 Å². The van der Waals surface area contributed by atoms with Gasteiger partial charge in [0, 0.05) is 18.6 Å². The summed E-state index contributed by atoms with van der Waals surface area (Å²) in [4.78, 5) is 25.7. The van der Waals surface area contributed by atoms with Crippen LogP contribution in [-0.4, -0.2) is 55.6 Å². The standard InChI is InChI=1S/C15H28N4O2/c1-19(13-8-5-9-16-10-13)11-14(20)18-15(21)17-12-6-3-2-4-7-12/h12-13,16H,2-11H2,1H3,(H2,17,18,20,21). The highest BCUT2D eigenvalue weighted by Gasteiger charge is 2.21. The third-order valence-electron chi connectivity index (χ3n) is 4.48. The predicted molar refractivity (Wildman–Crippen MR) is 82.1 cm³/mol. The number of piperidine rings is 1. The Hall–Kier alpha value is -1.14. The van der Waals surface area contributed by atoms with Gasteiger partial charge in [-0.3, -0.25) is 15.0 Å². The average Bonchev–Trinajstić information content (AvgIpc) is 2.48. The number of rotatable bonds is 4. The third-order valence-corrected chi connectivity index (χ3v) is 4.48. The Morgan fingerprint density at radius 2 is 1.90 bits per heavy atom. The molecule has 120 valence electrons. The van der Waals surface area contributed by atoms with Crippen molar-refractivity contribution >= 4 is 11.9 Å². The van der Waals surface area contributed by atoms with E-state index >= 15 is 0 Å². The van der Waals surface area contributed by atoms with Crippen LogP contribution in [0.5, 0.6) is 0 Å². The summed E-state index contributed by atoms with van der Waals surface area (Å²) < 4.78 is 0. The van der Waals surface area contributed by atoms with Crippen molar-refractivity contribution < 1.29 is 9.59 Å². The molecule has 1 aliphatic carbocycles. The first-order valence-electron chi connectivity index (χ1n) is 8.16. The van der Waals surface area contributed by atoms with Crippen LogP contribution in [0.2, 0.25) is 0 Å². The maximum absolute atomic E-state index is 11.9. The molecule has 6 heteroatoms. The van der Waals surface area contributed by atoms with Gasteiger partial charge in [-0.05, 0) is 39.3 Å². The van der Waals surface area contributed by atoms with Gasteiger partial charge in [0.15, 0.2) is 0 Å². The number of urea groups is 1. The number of hydrogen-bond acceptors (Lipinski definition) is 4. The van der Waals surface area contributed by atoms with E-state index in [9.17, 15) is 9.59 Å². The molecule has 0 spiro atoms. The molecule has 0 aromatic carbocycles. The molecular formula is C15H28N4O2. The molecule has 0 aromatic rings. The van der Waals surface area contributed by atoms with Crippen molar-refractivity contribution in [2.24, 2.45) is 0 Å². The molecule has 1 unspecified atom stereocenters. The molecule has 6 nitrogen and oxygen atoms in total. The number of likely N-dealkylation sites (N-methyl/N-ethyl adjacent to an activating group) is 1. The van der Waals surface area contributed by atoms with E-state index in [2.05, 4.69) is 16.0 Å². The molecule has 0 aromatic heterocycles. The molecule has 1 heterocycles. The minimum atomic E-state index is -0.345. The molecule has 1 saturated carbocycles. The van der Waals surface area contributed by atoms with Gasteiger partial charge in [-0.1, -0.05) is 19.3 Å². The van der Waals surface area contributed by atoms with E-state index in [-0.39, 0.29) is 24.5 Å². The SMILES string of the molecule is CN(CC(=O)NC(=O)NC1CCCCC1)C1CCCNC1. The highest BCUT2D eigenvalue weighted by molar-refractivity contribution is 5.95. The normalized spacial score (nSPS) is 23.8. The zero-order valence-corrected chi connectivity index (χ0v) is 13.0. The largest absolute Gasteiger partial charge is 0.335 e. The Balaban J connectivity index is 1.66. The number of amides is 3. The number of nitrogens with one attached hydrogen (secondary N) is 3. The van der Waals surface area contributed by atoms with E-state index in [1.54, 1.807) is 0 Å². The molecule has 1 aliphatic heterocycles.